The quantitative estimate of drug-likeness (QED) is 0.296. The summed E-state index contributed by atoms with van der Waals surface area (Å²) in [4.78, 5) is 4.81. The number of imidazole rings is 1. The van der Waals surface area contributed by atoms with E-state index >= 15 is 0 Å². The molecule has 0 N–H and O–H groups in total. The molecule has 3 nitrogen and oxygen atoms in total. The summed E-state index contributed by atoms with van der Waals surface area (Å²) < 4.78 is 10.8. The van der Waals surface area contributed by atoms with Gasteiger partial charge in [0.15, 0.2) is 5.82 Å². The van der Waals surface area contributed by atoms with E-state index in [0.29, 0.717) is 6.61 Å². The van der Waals surface area contributed by atoms with Gasteiger partial charge in [0.1, 0.15) is 12.4 Å². The first kappa shape index (κ1) is 16.2. The topological polar surface area (TPSA) is 27.1 Å². The zero-order chi connectivity index (χ0) is 19.7. The van der Waals surface area contributed by atoms with Crippen molar-refractivity contribution in [3.05, 3.63) is 90.8 Å². The van der Waals surface area contributed by atoms with Crippen LogP contribution in [0.1, 0.15) is 5.82 Å². The van der Waals surface area contributed by atoms with Crippen LogP contribution in [0.25, 0.3) is 48.0 Å². The highest BCUT2D eigenvalue weighted by atomic mass is 32.1. The molecule has 6 aromatic rings. The summed E-state index contributed by atoms with van der Waals surface area (Å²) in [6.45, 7) is 0.494. The number of nitrogens with zero attached hydrogens (tertiary/aromatic N) is 2. The van der Waals surface area contributed by atoms with E-state index in [1.165, 1.54) is 31.3 Å². The molecule has 4 aromatic carbocycles. The molecule has 0 unspecified atom stereocenters. The Labute approximate surface area is 176 Å². The molecule has 7 rings (SSSR count). The highest BCUT2D eigenvalue weighted by Crippen LogP contribution is 2.38. The molecule has 0 atom stereocenters. The molecule has 0 radical (unpaired) electrons. The molecule has 3 heterocycles. The fraction of sp³-hybridized carbons (Fsp3) is 0.0385. The molecule has 4 heteroatoms. The molecule has 1 aliphatic rings. The highest BCUT2D eigenvalue weighted by Gasteiger charge is 2.21. The van der Waals surface area contributed by atoms with Gasteiger partial charge in [-0.05, 0) is 53.6 Å². The van der Waals surface area contributed by atoms with Gasteiger partial charge in [0.25, 0.3) is 0 Å². The van der Waals surface area contributed by atoms with Crippen molar-refractivity contribution in [2.45, 2.75) is 6.61 Å². The molecule has 30 heavy (non-hydrogen) atoms. The van der Waals surface area contributed by atoms with Gasteiger partial charge in [0, 0.05) is 20.2 Å². The number of rotatable bonds is 1. The maximum Gasteiger partial charge on any atom is 0.152 e. The summed E-state index contributed by atoms with van der Waals surface area (Å²) in [6.07, 6.45) is 0. The lowest BCUT2D eigenvalue weighted by Crippen LogP contribution is -2.12. The Bertz CT molecular complexity index is 1610. The number of fused-ring (bicyclic) bond motifs is 8. The van der Waals surface area contributed by atoms with E-state index in [1.54, 1.807) is 0 Å². The Morgan fingerprint density at radius 2 is 1.57 bits per heavy atom. The molecule has 2 aromatic heterocycles. The van der Waals surface area contributed by atoms with Gasteiger partial charge in [-0.25, -0.2) is 4.98 Å². The van der Waals surface area contributed by atoms with Crippen LogP contribution in [0.5, 0.6) is 5.75 Å². The van der Waals surface area contributed by atoms with E-state index in [9.17, 15) is 0 Å². The van der Waals surface area contributed by atoms with Crippen LogP contribution in [0.2, 0.25) is 0 Å². The molecule has 142 valence electrons. The van der Waals surface area contributed by atoms with Crippen LogP contribution in [-0.4, -0.2) is 9.55 Å². The number of aromatic nitrogens is 2. The molecular weight excluding hydrogens is 388 g/mol. The second-order valence-corrected chi connectivity index (χ2v) is 8.72. The van der Waals surface area contributed by atoms with Gasteiger partial charge < -0.3 is 4.74 Å². The van der Waals surface area contributed by atoms with Crippen LogP contribution in [0.4, 0.5) is 0 Å². The smallest absolute Gasteiger partial charge is 0.152 e. The summed E-state index contributed by atoms with van der Waals surface area (Å²) >= 11 is 1.85. The normalized spacial score (nSPS) is 12.8. The molecule has 0 saturated carbocycles. The summed E-state index contributed by atoms with van der Waals surface area (Å²) in [5.74, 6) is 1.85. The van der Waals surface area contributed by atoms with Crippen molar-refractivity contribution in [1.29, 1.82) is 0 Å². The van der Waals surface area contributed by atoms with Crippen molar-refractivity contribution in [3.8, 4) is 22.6 Å². The first-order valence-corrected chi connectivity index (χ1v) is 10.8. The van der Waals surface area contributed by atoms with Crippen molar-refractivity contribution in [2.24, 2.45) is 0 Å². The van der Waals surface area contributed by atoms with Crippen molar-refractivity contribution in [2.75, 3.05) is 0 Å². The maximum atomic E-state index is 5.89. The van der Waals surface area contributed by atoms with Crippen LogP contribution in [0.3, 0.4) is 0 Å². The van der Waals surface area contributed by atoms with Gasteiger partial charge in [-0.3, -0.25) is 4.57 Å². The van der Waals surface area contributed by atoms with Gasteiger partial charge in [-0.15, -0.1) is 11.3 Å². The Morgan fingerprint density at radius 1 is 0.767 bits per heavy atom. The maximum absolute atomic E-state index is 5.89. The van der Waals surface area contributed by atoms with E-state index in [2.05, 4.69) is 71.3 Å². The van der Waals surface area contributed by atoms with E-state index in [1.807, 2.05) is 29.5 Å². The van der Waals surface area contributed by atoms with Gasteiger partial charge in [0.05, 0.1) is 16.7 Å². The molecule has 0 fully saturated rings. The van der Waals surface area contributed by atoms with Crippen LogP contribution in [0, 0.1) is 0 Å². The zero-order valence-corrected chi connectivity index (χ0v) is 16.8. The van der Waals surface area contributed by atoms with Crippen molar-refractivity contribution < 1.29 is 4.74 Å². The molecule has 0 bridgehead atoms. The van der Waals surface area contributed by atoms with Crippen LogP contribution in [-0.2, 0) is 6.61 Å². The summed E-state index contributed by atoms with van der Waals surface area (Å²) in [7, 11) is 0. The average Bonchev–Trinajstić information content (AvgIpc) is 3.36. The molecule has 0 spiro atoms. The number of hydrogen-bond acceptors (Lipinski definition) is 3. The highest BCUT2D eigenvalue weighted by molar-refractivity contribution is 7.25. The van der Waals surface area contributed by atoms with E-state index in [-0.39, 0.29) is 0 Å². The monoisotopic (exact) mass is 404 g/mol. The Kier molecular flexibility index (Phi) is 3.21. The predicted molar refractivity (Wildman–Crippen MR) is 124 cm³/mol. The van der Waals surface area contributed by atoms with Crippen LogP contribution in [0.15, 0.2) is 84.9 Å². The fourth-order valence-corrected chi connectivity index (χ4v) is 5.57. The average molecular weight is 404 g/mol. The van der Waals surface area contributed by atoms with Crippen LogP contribution >= 0.6 is 11.3 Å². The summed E-state index contributed by atoms with van der Waals surface area (Å²) in [5.41, 5.74) is 5.59. The third kappa shape index (κ3) is 2.22. The van der Waals surface area contributed by atoms with Crippen molar-refractivity contribution in [1.82, 2.24) is 9.55 Å². The first-order chi connectivity index (χ1) is 14.8. The second kappa shape index (κ2) is 5.94. The minimum Gasteiger partial charge on any atom is -0.483 e. The minimum atomic E-state index is 0.494. The van der Waals surface area contributed by atoms with Gasteiger partial charge in [-0.1, -0.05) is 42.5 Å². The third-order valence-electron chi connectivity index (χ3n) is 5.90. The zero-order valence-electron chi connectivity index (χ0n) is 16.0. The number of hydrogen-bond donors (Lipinski definition) is 0. The van der Waals surface area contributed by atoms with Gasteiger partial charge in [-0.2, -0.15) is 0 Å². The SMILES string of the molecule is c1ccc2c(c1)OCc1nc3ccc(-c4ccc5sc6ccccc6c5c4)cc3n1-2. The molecule has 0 amide bonds. The third-order valence-corrected chi connectivity index (χ3v) is 7.05. The summed E-state index contributed by atoms with van der Waals surface area (Å²) in [6, 6.07) is 30.1. The first-order valence-electron chi connectivity index (χ1n) is 10.0. The Balaban J connectivity index is 1.46. The lowest BCUT2D eigenvalue weighted by Gasteiger charge is -2.19. The molecule has 1 aliphatic heterocycles. The number of thiophene rings is 1. The van der Waals surface area contributed by atoms with Gasteiger partial charge in [0.2, 0.25) is 0 Å². The number of para-hydroxylation sites is 2. The second-order valence-electron chi connectivity index (χ2n) is 7.63. The fourth-order valence-electron chi connectivity index (χ4n) is 4.48. The standard InChI is InChI=1S/C26H16N2OS/c1-4-8-24-18(5-1)19-13-16(10-12-25(19)30-24)17-9-11-20-22(14-17)28-21-6-2-3-7-23(21)29-15-26(28)27-20/h1-14H,15H2. The van der Waals surface area contributed by atoms with Crippen molar-refractivity contribution in [3.63, 3.8) is 0 Å². The van der Waals surface area contributed by atoms with Crippen LogP contribution < -0.4 is 4.74 Å². The largest absolute Gasteiger partial charge is 0.483 e. The lowest BCUT2D eigenvalue weighted by molar-refractivity contribution is 0.280. The molecular formula is C26H16N2OS. The molecule has 0 saturated heterocycles. The van der Waals surface area contributed by atoms with E-state index in [0.717, 1.165) is 28.3 Å². The van der Waals surface area contributed by atoms with E-state index in [4.69, 9.17) is 9.72 Å². The Hall–Kier alpha value is -3.63. The minimum absolute atomic E-state index is 0.494. The van der Waals surface area contributed by atoms with E-state index < -0.39 is 0 Å². The lowest BCUT2D eigenvalue weighted by atomic mass is 10.0. The number of ether oxygens (including phenoxy) is 1. The Morgan fingerprint density at radius 3 is 2.57 bits per heavy atom. The summed E-state index contributed by atoms with van der Waals surface area (Å²) in [5, 5.41) is 2.65. The predicted octanol–water partition coefficient (Wildman–Crippen LogP) is 6.95. The number of benzene rings is 4. The molecule has 0 aliphatic carbocycles. The van der Waals surface area contributed by atoms with Crippen molar-refractivity contribution >= 4 is 42.5 Å². The van der Waals surface area contributed by atoms with Gasteiger partial charge >= 0.3 is 0 Å².